The summed E-state index contributed by atoms with van der Waals surface area (Å²) in [5.41, 5.74) is 9.45. The van der Waals surface area contributed by atoms with E-state index in [4.69, 9.17) is 26.8 Å². The minimum atomic E-state index is -3.72. The third kappa shape index (κ3) is 12.5. The van der Waals surface area contributed by atoms with Gasteiger partial charge in [0.05, 0.1) is 33.3 Å². The zero-order chi connectivity index (χ0) is 54.5. The number of esters is 2. The van der Waals surface area contributed by atoms with E-state index in [1.165, 1.54) is 24.3 Å². The van der Waals surface area contributed by atoms with Gasteiger partial charge in [-0.15, -0.1) is 17.6 Å². The van der Waals surface area contributed by atoms with Gasteiger partial charge < -0.3 is 39.5 Å². The van der Waals surface area contributed by atoms with Gasteiger partial charge in [0, 0.05) is 11.1 Å². The van der Waals surface area contributed by atoms with E-state index in [2.05, 4.69) is 34.2 Å². The largest absolute Gasteiger partial charge is 0.586 e. The van der Waals surface area contributed by atoms with E-state index in [-0.39, 0.29) is 34.9 Å². The van der Waals surface area contributed by atoms with Gasteiger partial charge in [0.2, 0.25) is 11.8 Å². The van der Waals surface area contributed by atoms with Crippen LogP contribution in [-0.2, 0) is 29.9 Å². The second kappa shape index (κ2) is 19.8. The smallest absolute Gasteiger partial charge is 0.456 e. The normalized spacial score (nSPS) is 16.4. The zero-order valence-electron chi connectivity index (χ0n) is 42.2. The number of amides is 2. The Morgan fingerprint density at radius 1 is 0.573 bits per heavy atom. The summed E-state index contributed by atoms with van der Waals surface area (Å²) in [4.78, 5) is 58.3. The number of hydrogen-bond donors (Lipinski definition) is 2. The van der Waals surface area contributed by atoms with Crippen LogP contribution in [0.2, 0.25) is 5.15 Å². The van der Waals surface area contributed by atoms with Crippen LogP contribution in [0.25, 0.3) is 22.5 Å². The maximum absolute atomic E-state index is 13.4. The molecule has 4 aromatic carbocycles. The Kier molecular flexibility index (Phi) is 14.2. The molecular formula is C56H53ClF4N4O10. The summed E-state index contributed by atoms with van der Waals surface area (Å²) in [6.07, 6.45) is -4.96. The second-order valence-electron chi connectivity index (χ2n) is 20.5. The number of carbonyl (C=O) groups is 4. The van der Waals surface area contributed by atoms with Crippen molar-refractivity contribution in [2.75, 3.05) is 5.32 Å². The van der Waals surface area contributed by atoms with Crippen molar-refractivity contribution < 1.29 is 65.2 Å². The van der Waals surface area contributed by atoms with E-state index in [1.807, 2.05) is 65.0 Å². The third-order valence-corrected chi connectivity index (χ3v) is 12.5. The summed E-state index contributed by atoms with van der Waals surface area (Å²) in [6.45, 7) is 14.8. The van der Waals surface area contributed by atoms with Crippen molar-refractivity contribution in [1.29, 1.82) is 0 Å². The molecule has 6 aromatic rings. The number of ether oxygens (including phenoxy) is 6. The van der Waals surface area contributed by atoms with Crippen LogP contribution in [0.5, 0.6) is 23.0 Å². The molecule has 2 aliphatic carbocycles. The third-order valence-electron chi connectivity index (χ3n) is 12.3. The quantitative estimate of drug-likeness (QED) is 0.0793. The lowest BCUT2D eigenvalue weighted by molar-refractivity contribution is -0.287. The van der Waals surface area contributed by atoms with E-state index in [9.17, 15) is 36.7 Å². The lowest BCUT2D eigenvalue weighted by Crippen LogP contribution is -2.28. The Bertz CT molecular complexity index is 3240. The Balaban J connectivity index is 0.000000165. The predicted octanol–water partition coefficient (Wildman–Crippen LogP) is 12.2. The highest BCUT2D eigenvalue weighted by Gasteiger charge is 2.54. The van der Waals surface area contributed by atoms with Gasteiger partial charge in [-0.05, 0) is 164 Å². The first-order valence-electron chi connectivity index (χ1n) is 23.7. The molecule has 0 atom stereocenters. The topological polar surface area (TPSA) is 187 Å². The number of fused-ring (bicyclic) bond motifs is 2. The van der Waals surface area contributed by atoms with E-state index in [1.54, 1.807) is 75.4 Å². The maximum atomic E-state index is 13.4. The number of carbonyl (C=O) groups excluding carboxylic acids is 4. The fourth-order valence-electron chi connectivity index (χ4n) is 8.25. The van der Waals surface area contributed by atoms with E-state index in [0.717, 1.165) is 22.4 Å². The number of pyridine rings is 2. The first-order chi connectivity index (χ1) is 35.0. The molecule has 0 saturated heterocycles. The molecule has 4 aliphatic rings. The Labute approximate surface area is 434 Å². The number of hydrogen-bond acceptors (Lipinski definition) is 12. The number of aromatic nitrogens is 2. The Morgan fingerprint density at radius 3 is 1.44 bits per heavy atom. The maximum Gasteiger partial charge on any atom is 0.586 e. The highest BCUT2D eigenvalue weighted by molar-refractivity contribution is 6.29. The molecule has 0 bridgehead atoms. The number of aryl methyl sites for hydroxylation is 2. The van der Waals surface area contributed by atoms with Crippen molar-refractivity contribution in [3.8, 4) is 45.5 Å². The summed E-state index contributed by atoms with van der Waals surface area (Å²) in [6, 6.07) is 30.1. The Morgan fingerprint density at radius 2 is 1.00 bits per heavy atom. The van der Waals surface area contributed by atoms with Crippen molar-refractivity contribution in [2.45, 2.75) is 116 Å². The highest BCUT2D eigenvalue weighted by Crippen LogP contribution is 2.53. The van der Waals surface area contributed by atoms with E-state index in [0.29, 0.717) is 70.2 Å². The molecule has 75 heavy (non-hydrogen) atoms. The number of nitrogens with zero attached hydrogens (tertiary/aromatic N) is 2. The molecule has 0 spiro atoms. The van der Waals surface area contributed by atoms with Gasteiger partial charge in [0.1, 0.15) is 22.2 Å². The van der Waals surface area contributed by atoms with Gasteiger partial charge in [0.25, 0.3) is 0 Å². The molecule has 2 aromatic heterocycles. The molecule has 19 heteroatoms. The van der Waals surface area contributed by atoms with Crippen molar-refractivity contribution in [3.05, 3.63) is 148 Å². The second-order valence-corrected chi connectivity index (χ2v) is 20.9. The molecule has 3 N–H and O–H groups in total. The van der Waals surface area contributed by atoms with Crippen LogP contribution in [-0.4, -0.2) is 57.5 Å². The summed E-state index contributed by atoms with van der Waals surface area (Å²) in [5, 5.41) is 3.30. The molecule has 0 unspecified atom stereocenters. The minimum Gasteiger partial charge on any atom is -0.456 e. The zero-order valence-corrected chi connectivity index (χ0v) is 42.9. The molecular weight excluding hydrogens is 1000 g/mol. The Hall–Kier alpha value is -7.73. The van der Waals surface area contributed by atoms with Crippen LogP contribution in [0.3, 0.4) is 0 Å². The van der Waals surface area contributed by atoms with Crippen LogP contribution in [0.1, 0.15) is 110 Å². The summed E-state index contributed by atoms with van der Waals surface area (Å²) in [7, 11) is 0. The monoisotopic (exact) mass is 1050 g/mol. The lowest BCUT2D eigenvalue weighted by atomic mass is 9.94. The lowest BCUT2D eigenvalue weighted by Gasteiger charge is -2.19. The molecule has 2 fully saturated rings. The van der Waals surface area contributed by atoms with E-state index < -0.39 is 46.5 Å². The van der Waals surface area contributed by atoms with Crippen molar-refractivity contribution >= 4 is 41.2 Å². The summed E-state index contributed by atoms with van der Waals surface area (Å²) >= 11 is 5.95. The molecule has 2 aliphatic heterocycles. The van der Waals surface area contributed by atoms with Crippen molar-refractivity contribution in [3.63, 3.8) is 0 Å². The van der Waals surface area contributed by atoms with Gasteiger partial charge in [0.15, 0.2) is 23.0 Å². The van der Waals surface area contributed by atoms with E-state index >= 15 is 0 Å². The van der Waals surface area contributed by atoms with Gasteiger partial charge >= 0.3 is 24.5 Å². The predicted molar refractivity (Wildman–Crippen MR) is 269 cm³/mol. The average molecular weight is 1050 g/mol. The SMILES string of the molecule is Cc1ccc(Cl)nc1-c1cccc(C(=O)OC(C)(C)C)c1.Cc1ccc(NC(=O)C2(c3ccc4c(c3)OC(F)(F)O4)CC2)nc1-c1cccc(C(=O)OC(C)(C)C)c1.NC(=O)C1(c2ccc3c(c2)OC(F)(F)O3)CC1. The number of nitrogens with two attached hydrogens (primary N) is 1. The molecule has 2 saturated carbocycles. The summed E-state index contributed by atoms with van der Waals surface area (Å²) < 4.78 is 80.9. The number of halogens is 5. The number of benzene rings is 4. The number of anilines is 1. The number of rotatable bonds is 9. The first kappa shape index (κ1) is 53.6. The molecule has 392 valence electrons. The van der Waals surface area contributed by atoms with Crippen LogP contribution < -0.4 is 30.0 Å². The number of alkyl halides is 4. The van der Waals surface area contributed by atoms with Crippen molar-refractivity contribution in [1.82, 2.24) is 9.97 Å². The van der Waals surface area contributed by atoms with Gasteiger partial charge in [-0.25, -0.2) is 19.6 Å². The highest BCUT2D eigenvalue weighted by atomic mass is 35.5. The van der Waals surface area contributed by atoms with Crippen LogP contribution in [0.4, 0.5) is 23.4 Å². The van der Waals surface area contributed by atoms with Crippen LogP contribution in [0.15, 0.2) is 109 Å². The fraction of sp³-hybridized carbons (Fsp3) is 0.321. The molecule has 14 nitrogen and oxygen atoms in total. The van der Waals surface area contributed by atoms with Gasteiger partial charge in [-0.3, -0.25) is 9.59 Å². The van der Waals surface area contributed by atoms with Crippen LogP contribution >= 0.6 is 11.6 Å². The average Bonchev–Trinajstić information content (AvgIpc) is 4.25. The number of nitrogens with one attached hydrogen (secondary N) is 1. The van der Waals surface area contributed by atoms with Crippen LogP contribution in [0, 0.1) is 13.8 Å². The van der Waals surface area contributed by atoms with Gasteiger partial charge in [-0.2, -0.15) is 0 Å². The fourth-order valence-corrected chi connectivity index (χ4v) is 8.40. The standard InChI is InChI=1S/C28H26F2N2O5.C17H18ClNO2.C11H9F2NO3/c1-16-8-11-22(31-23(16)17-6-5-7-18(14-17)24(33)37-26(2,3)4)32-25(34)27(12-13-27)19-9-10-20-21(15-19)36-28(29,30)35-20;1-11-8-9-14(18)19-15(11)12-6-5-7-13(10-12)16(20)21-17(2,3)4;12-11(13)16-7-2-1-6(5-8(7)17-11)10(3-4-10)9(14)15/h5-11,14-15H,12-13H2,1-4H3,(H,31,32,34);5-10H,1-4H3;1-2,5H,3-4H2,(H2,14,15). The first-order valence-corrected chi connectivity index (χ1v) is 24.1. The molecule has 0 radical (unpaired) electrons. The van der Waals surface area contributed by atoms with Gasteiger partial charge in [-0.1, -0.05) is 60.1 Å². The number of primary amides is 1. The molecule has 2 amide bonds. The minimum absolute atomic E-state index is 0.0287. The molecule has 10 rings (SSSR count). The van der Waals surface area contributed by atoms with Crippen molar-refractivity contribution in [2.24, 2.45) is 5.73 Å². The molecule has 4 heterocycles. The summed E-state index contributed by atoms with van der Waals surface area (Å²) in [5.74, 6) is -1.42.